The molecule has 2 aliphatic heterocycles. The van der Waals surface area contributed by atoms with Gasteiger partial charge < -0.3 is 24.3 Å². The molecule has 0 atom stereocenters. The minimum atomic E-state index is -0.514. The normalized spacial score (nSPS) is 16.0. The zero-order valence-corrected chi connectivity index (χ0v) is 21.0. The molecule has 0 bridgehead atoms. The van der Waals surface area contributed by atoms with Crippen LogP contribution in [0, 0.1) is 5.41 Å². The maximum Gasteiger partial charge on any atom is 0.410 e. The van der Waals surface area contributed by atoms with Crippen LogP contribution in [0.3, 0.4) is 0 Å². The number of rotatable bonds is 4. The Morgan fingerprint density at radius 3 is 2.80 bits per heavy atom. The van der Waals surface area contributed by atoms with Gasteiger partial charge in [0.05, 0.1) is 17.8 Å². The van der Waals surface area contributed by atoms with Crippen LogP contribution in [0.1, 0.15) is 52.4 Å². The highest BCUT2D eigenvalue weighted by molar-refractivity contribution is 6.01. The Morgan fingerprint density at radius 1 is 1.34 bits per heavy atom. The van der Waals surface area contributed by atoms with E-state index in [-0.39, 0.29) is 12.1 Å². The summed E-state index contributed by atoms with van der Waals surface area (Å²) in [6.07, 6.45) is 7.15. The van der Waals surface area contributed by atoms with E-state index in [9.17, 15) is 4.79 Å². The van der Waals surface area contributed by atoms with E-state index in [0.717, 1.165) is 34.7 Å². The van der Waals surface area contributed by atoms with E-state index in [2.05, 4.69) is 10.3 Å². The number of imidazole rings is 1. The highest BCUT2D eigenvalue weighted by Gasteiger charge is 2.26. The van der Waals surface area contributed by atoms with Crippen LogP contribution in [0.5, 0.6) is 5.75 Å². The third-order valence-corrected chi connectivity index (χ3v) is 5.52. The summed E-state index contributed by atoms with van der Waals surface area (Å²) >= 11 is 0. The van der Waals surface area contributed by atoms with Crippen molar-refractivity contribution < 1.29 is 14.3 Å². The number of hydrogen-bond donors (Lipinski definition) is 2. The van der Waals surface area contributed by atoms with Crippen LogP contribution in [0.4, 0.5) is 4.79 Å². The molecular formula is C25H33N7O3. The van der Waals surface area contributed by atoms with E-state index < -0.39 is 5.60 Å². The van der Waals surface area contributed by atoms with Gasteiger partial charge in [0.15, 0.2) is 5.84 Å². The Labute approximate surface area is 205 Å². The number of nitrogens with one attached hydrogen (secondary N) is 2. The first-order chi connectivity index (χ1) is 16.6. The first-order valence-electron chi connectivity index (χ1n) is 11.9. The fourth-order valence-corrected chi connectivity index (χ4v) is 3.98. The highest BCUT2D eigenvalue weighted by atomic mass is 16.6. The molecule has 0 fully saturated rings. The van der Waals surface area contributed by atoms with Crippen molar-refractivity contribution >= 4 is 23.8 Å². The average molecular weight is 480 g/mol. The monoisotopic (exact) mass is 479 g/mol. The van der Waals surface area contributed by atoms with Gasteiger partial charge in [0.1, 0.15) is 35.8 Å². The molecule has 0 saturated carbocycles. The quantitative estimate of drug-likeness (QED) is 0.510. The summed E-state index contributed by atoms with van der Waals surface area (Å²) in [7, 11) is 0. The summed E-state index contributed by atoms with van der Waals surface area (Å²) in [4.78, 5) is 27.7. The second-order valence-electron chi connectivity index (χ2n) is 9.87. The fourth-order valence-electron chi connectivity index (χ4n) is 3.98. The molecule has 186 valence electrons. The Morgan fingerprint density at radius 2 is 2.14 bits per heavy atom. The zero-order valence-electron chi connectivity index (χ0n) is 21.0. The molecule has 2 aliphatic rings. The van der Waals surface area contributed by atoms with Crippen molar-refractivity contribution in [2.45, 2.75) is 59.2 Å². The van der Waals surface area contributed by atoms with Crippen molar-refractivity contribution in [2.24, 2.45) is 4.99 Å². The Bertz CT molecular complexity index is 1170. The van der Waals surface area contributed by atoms with E-state index in [1.54, 1.807) is 11.1 Å². The van der Waals surface area contributed by atoms with E-state index in [4.69, 9.17) is 24.9 Å². The maximum atomic E-state index is 12.4. The van der Waals surface area contributed by atoms with Crippen molar-refractivity contribution in [3.63, 3.8) is 0 Å². The van der Waals surface area contributed by atoms with Crippen LogP contribution in [-0.4, -0.2) is 69.0 Å². The van der Waals surface area contributed by atoms with Crippen LogP contribution in [0.2, 0.25) is 0 Å². The van der Waals surface area contributed by atoms with Crippen LogP contribution in [-0.2, 0) is 11.3 Å². The van der Waals surface area contributed by atoms with Gasteiger partial charge in [0.25, 0.3) is 0 Å². The fraction of sp³-hybridized carbons (Fsp3) is 0.480. The largest absolute Gasteiger partial charge is 0.491 e. The van der Waals surface area contributed by atoms with Crippen molar-refractivity contribution in [2.75, 3.05) is 19.7 Å². The van der Waals surface area contributed by atoms with Gasteiger partial charge in [-0.25, -0.2) is 14.8 Å². The lowest BCUT2D eigenvalue weighted by Gasteiger charge is -2.29. The molecule has 4 heterocycles. The number of pyridine rings is 1. The van der Waals surface area contributed by atoms with E-state index in [0.29, 0.717) is 44.2 Å². The van der Waals surface area contributed by atoms with Gasteiger partial charge in [0, 0.05) is 37.6 Å². The average Bonchev–Trinajstić information content (AvgIpc) is 3.14. The minimum Gasteiger partial charge on any atom is -0.491 e. The number of carbonyl (C=O) groups excluding carboxylic acids is 1. The molecule has 0 aromatic carbocycles. The number of carbonyl (C=O) groups is 1. The number of amides is 1. The van der Waals surface area contributed by atoms with Gasteiger partial charge in [-0.05, 0) is 46.6 Å². The summed E-state index contributed by atoms with van der Waals surface area (Å²) in [6.45, 7) is 11.8. The van der Waals surface area contributed by atoms with Gasteiger partial charge >= 0.3 is 6.09 Å². The van der Waals surface area contributed by atoms with Gasteiger partial charge in [-0.3, -0.25) is 10.4 Å². The lowest BCUT2D eigenvalue weighted by molar-refractivity contribution is 0.0270. The van der Waals surface area contributed by atoms with E-state index >= 15 is 0 Å². The molecule has 35 heavy (non-hydrogen) atoms. The molecule has 0 radical (unpaired) electrons. The molecule has 2 aromatic heterocycles. The van der Waals surface area contributed by atoms with Crippen LogP contribution in [0.25, 0.3) is 17.0 Å². The maximum absolute atomic E-state index is 12.4. The number of amidine groups is 1. The first kappa shape index (κ1) is 24.4. The van der Waals surface area contributed by atoms with Gasteiger partial charge in [0.2, 0.25) is 0 Å². The SMILES string of the molecule is CC(C)N/C(=N\C=N)c1cn2c(n1)-c1cnc(C3=CCN(C(=O)OC(C)(C)C)CC3)cc1OCC2. The number of aliphatic imine (C=N–C) groups is 1. The second kappa shape index (κ2) is 9.89. The third-order valence-electron chi connectivity index (χ3n) is 5.52. The lowest BCUT2D eigenvalue weighted by Crippen LogP contribution is -2.39. The summed E-state index contributed by atoms with van der Waals surface area (Å²) in [5.41, 5.74) is 2.88. The molecular weight excluding hydrogens is 446 g/mol. The second-order valence-corrected chi connectivity index (χ2v) is 9.87. The van der Waals surface area contributed by atoms with Gasteiger partial charge in [-0.15, -0.1) is 0 Å². The molecule has 0 saturated heterocycles. The van der Waals surface area contributed by atoms with Gasteiger partial charge in [-0.1, -0.05) is 6.08 Å². The van der Waals surface area contributed by atoms with Crippen LogP contribution >= 0.6 is 0 Å². The molecule has 4 rings (SSSR count). The predicted octanol–water partition coefficient (Wildman–Crippen LogP) is 3.71. The standard InChI is InChI=1S/C25H33N7O3/c1-16(2)29-22(28-15-26)20-14-32-10-11-34-21-12-19(27-13-18(21)23(32)30-20)17-6-8-31(9-7-17)24(33)35-25(3,4)5/h6,12-16H,7-11H2,1-5H3,(H2,26,28,29). The van der Waals surface area contributed by atoms with Crippen molar-refractivity contribution in [1.29, 1.82) is 5.41 Å². The van der Waals surface area contributed by atoms with Crippen molar-refractivity contribution in [3.05, 3.63) is 35.9 Å². The molecule has 2 aromatic rings. The summed E-state index contributed by atoms with van der Waals surface area (Å²) in [5.74, 6) is 2.04. The zero-order chi connectivity index (χ0) is 25.2. The molecule has 1 amide bonds. The van der Waals surface area contributed by atoms with Crippen molar-refractivity contribution in [3.8, 4) is 17.1 Å². The Kier molecular flexibility index (Phi) is 6.90. The highest BCUT2D eigenvalue weighted by Crippen LogP contribution is 2.34. The molecule has 10 heteroatoms. The number of nitrogens with zero attached hydrogens (tertiary/aromatic N) is 5. The molecule has 10 nitrogen and oxygen atoms in total. The predicted molar refractivity (Wildman–Crippen MR) is 135 cm³/mol. The van der Waals surface area contributed by atoms with Crippen molar-refractivity contribution in [1.82, 2.24) is 24.8 Å². The number of fused-ring (bicyclic) bond motifs is 3. The topological polar surface area (TPSA) is 118 Å². The lowest BCUT2D eigenvalue weighted by atomic mass is 10.0. The number of hydrogen-bond acceptors (Lipinski definition) is 6. The molecule has 2 N–H and O–H groups in total. The smallest absolute Gasteiger partial charge is 0.410 e. The Hall–Kier alpha value is -3.69. The summed E-state index contributed by atoms with van der Waals surface area (Å²) < 4.78 is 13.6. The minimum absolute atomic E-state index is 0.157. The van der Waals surface area contributed by atoms with Gasteiger partial charge in [-0.2, -0.15) is 0 Å². The first-order valence-corrected chi connectivity index (χ1v) is 11.9. The Balaban J connectivity index is 1.57. The van der Waals surface area contributed by atoms with Crippen LogP contribution in [0.15, 0.2) is 29.5 Å². The van der Waals surface area contributed by atoms with Crippen LogP contribution < -0.4 is 10.1 Å². The molecule has 0 unspecified atom stereocenters. The summed E-state index contributed by atoms with van der Waals surface area (Å²) in [5, 5.41) is 10.6. The number of ether oxygens (including phenoxy) is 2. The third kappa shape index (κ3) is 5.70. The van der Waals surface area contributed by atoms with E-state index in [1.807, 2.05) is 57.5 Å². The summed E-state index contributed by atoms with van der Waals surface area (Å²) in [6, 6.07) is 2.11. The molecule has 0 spiro atoms. The number of aromatic nitrogens is 3. The van der Waals surface area contributed by atoms with E-state index in [1.165, 1.54) is 0 Å². The molecule has 0 aliphatic carbocycles.